The first-order valence-corrected chi connectivity index (χ1v) is 12.3. The number of methoxy groups -OCH3 is 2. The normalized spacial score (nSPS) is 17.1. The fourth-order valence-corrected chi connectivity index (χ4v) is 4.99. The number of aromatic amines is 1. The number of hydrogen-bond donors (Lipinski definition) is 3. The minimum absolute atomic E-state index is 0.131. The van der Waals surface area contributed by atoms with Gasteiger partial charge in [0.2, 0.25) is 0 Å². The van der Waals surface area contributed by atoms with E-state index in [1.807, 2.05) is 25.6 Å². The van der Waals surface area contributed by atoms with Crippen molar-refractivity contribution in [3.05, 3.63) is 40.9 Å². The minimum Gasteiger partial charge on any atom is -0.496 e. The van der Waals surface area contributed by atoms with Crippen LogP contribution in [-0.4, -0.2) is 52.7 Å². The lowest BCUT2D eigenvalue weighted by Crippen LogP contribution is -2.30. The molecule has 0 radical (unpaired) electrons. The van der Waals surface area contributed by atoms with E-state index < -0.39 is 0 Å². The zero-order valence-electron chi connectivity index (χ0n) is 21.2. The van der Waals surface area contributed by atoms with E-state index >= 15 is 0 Å². The summed E-state index contributed by atoms with van der Waals surface area (Å²) in [6, 6.07) is 6.29. The number of hydrogen-bond acceptors (Lipinski definition) is 8. The first kappa shape index (κ1) is 22.7. The third-order valence-corrected chi connectivity index (χ3v) is 6.99. The molecule has 1 unspecified atom stereocenters. The molecule has 2 aliphatic rings. The van der Waals surface area contributed by atoms with Crippen LogP contribution in [0.25, 0.3) is 22.0 Å². The molecule has 1 saturated carbocycles. The molecular weight excluding hydrogens is 458 g/mol. The number of rotatable bonds is 7. The zero-order valence-corrected chi connectivity index (χ0v) is 21.2. The van der Waals surface area contributed by atoms with Gasteiger partial charge in [0.1, 0.15) is 35.1 Å². The molecule has 1 aromatic carbocycles. The summed E-state index contributed by atoms with van der Waals surface area (Å²) < 4.78 is 18.5. The van der Waals surface area contributed by atoms with E-state index in [4.69, 9.17) is 24.1 Å². The Labute approximate surface area is 209 Å². The molecule has 4 aromatic rings. The zero-order chi connectivity index (χ0) is 25.0. The van der Waals surface area contributed by atoms with Gasteiger partial charge in [-0.15, -0.1) is 0 Å². The van der Waals surface area contributed by atoms with Crippen LogP contribution in [0.1, 0.15) is 47.9 Å². The summed E-state index contributed by atoms with van der Waals surface area (Å²) in [6.07, 6.45) is 3.02. The molecule has 1 atom stereocenters. The Morgan fingerprint density at radius 2 is 2.00 bits per heavy atom. The van der Waals surface area contributed by atoms with Gasteiger partial charge in [0, 0.05) is 49.0 Å². The van der Waals surface area contributed by atoms with Crippen molar-refractivity contribution in [3.8, 4) is 16.9 Å². The van der Waals surface area contributed by atoms with E-state index in [-0.39, 0.29) is 6.17 Å². The van der Waals surface area contributed by atoms with Crippen LogP contribution in [0.3, 0.4) is 0 Å². The number of nitrogens with one attached hydrogen (secondary N) is 3. The predicted octanol–water partition coefficient (Wildman–Crippen LogP) is 4.71. The van der Waals surface area contributed by atoms with Crippen LogP contribution in [0, 0.1) is 13.8 Å². The number of fused-ring (bicyclic) bond motifs is 3. The van der Waals surface area contributed by atoms with Crippen LogP contribution in [0.5, 0.6) is 5.75 Å². The lowest BCUT2D eigenvalue weighted by molar-refractivity contribution is 0.190. The van der Waals surface area contributed by atoms with Gasteiger partial charge in [-0.2, -0.15) is 5.10 Å². The summed E-state index contributed by atoms with van der Waals surface area (Å²) >= 11 is 0. The van der Waals surface area contributed by atoms with E-state index in [0.29, 0.717) is 12.5 Å². The van der Waals surface area contributed by atoms with Gasteiger partial charge in [-0.1, -0.05) is 5.16 Å². The molecule has 4 heterocycles. The third-order valence-electron chi connectivity index (χ3n) is 6.99. The molecule has 36 heavy (non-hydrogen) atoms. The lowest BCUT2D eigenvalue weighted by atomic mass is 10.00. The smallest absolute Gasteiger partial charge is 0.141 e. The van der Waals surface area contributed by atoms with Gasteiger partial charge in [0.15, 0.2) is 0 Å². The largest absolute Gasteiger partial charge is 0.496 e. The maximum Gasteiger partial charge on any atom is 0.141 e. The fraction of sp³-hybridized carbons (Fsp3) is 0.423. The predicted molar refractivity (Wildman–Crippen MR) is 139 cm³/mol. The average Bonchev–Trinajstić information content (AvgIpc) is 3.45. The molecule has 188 valence electrons. The molecule has 0 spiro atoms. The molecule has 1 aliphatic heterocycles. The molecule has 10 nitrogen and oxygen atoms in total. The second-order valence-electron chi connectivity index (χ2n) is 9.57. The number of benzene rings is 1. The van der Waals surface area contributed by atoms with Crippen molar-refractivity contribution < 1.29 is 14.0 Å². The molecule has 3 N–H and O–H groups in total. The van der Waals surface area contributed by atoms with Crippen LogP contribution in [0.15, 0.2) is 27.7 Å². The highest BCUT2D eigenvalue weighted by Gasteiger charge is 2.30. The summed E-state index contributed by atoms with van der Waals surface area (Å²) in [5, 5.41) is 17.0. The van der Waals surface area contributed by atoms with Gasteiger partial charge in [-0.25, -0.2) is 4.99 Å². The monoisotopic (exact) mass is 489 g/mol. The van der Waals surface area contributed by atoms with Gasteiger partial charge in [-0.3, -0.25) is 4.68 Å². The number of aryl methyl sites for hydroxylation is 3. The van der Waals surface area contributed by atoms with Crippen molar-refractivity contribution in [3.63, 3.8) is 0 Å². The molecule has 6 rings (SSSR count). The summed E-state index contributed by atoms with van der Waals surface area (Å²) in [5.74, 6) is 4.69. The fourth-order valence-electron chi connectivity index (χ4n) is 4.99. The number of aliphatic imine (C=N–C) groups is 1. The Kier molecular flexibility index (Phi) is 5.48. The minimum atomic E-state index is -0.131. The number of nitrogens with zero attached hydrogens (tertiary/aromatic N) is 4. The summed E-state index contributed by atoms with van der Waals surface area (Å²) in [4.78, 5) is 8.61. The molecule has 0 bridgehead atoms. The first-order chi connectivity index (χ1) is 17.5. The molecule has 0 amide bonds. The maximum atomic E-state index is 5.84. The van der Waals surface area contributed by atoms with Crippen LogP contribution in [0.4, 0.5) is 11.6 Å². The van der Waals surface area contributed by atoms with Gasteiger partial charge in [-0.05, 0) is 38.8 Å². The number of aromatic nitrogens is 4. The Bertz CT molecular complexity index is 1450. The van der Waals surface area contributed by atoms with Gasteiger partial charge >= 0.3 is 0 Å². The number of H-pyrrole nitrogens is 1. The summed E-state index contributed by atoms with van der Waals surface area (Å²) in [6.45, 7) is 4.46. The number of amidine groups is 1. The quantitative estimate of drug-likeness (QED) is 0.344. The second-order valence-corrected chi connectivity index (χ2v) is 9.57. The Hall–Kier alpha value is -3.79. The van der Waals surface area contributed by atoms with E-state index in [1.54, 1.807) is 14.2 Å². The molecular formula is C26H31N7O3. The van der Waals surface area contributed by atoms with Crippen LogP contribution in [0.2, 0.25) is 0 Å². The van der Waals surface area contributed by atoms with Crippen molar-refractivity contribution in [2.45, 2.75) is 45.2 Å². The average molecular weight is 490 g/mol. The standard InChI is InChI=1S/C26H31N7O3/c1-13-23(14(2)36-32-13)17-10-19-16(11-20(17)35-5)24-25(27-19)28-21(8-9-34-4)29-26(24)30-22-12-18(15-6-7-15)31-33(22)3/h10-12,15,21,27-28H,6-9H2,1-5H3,(H,29,30). The van der Waals surface area contributed by atoms with Gasteiger partial charge in [0.05, 0.1) is 36.2 Å². The van der Waals surface area contributed by atoms with Crippen molar-refractivity contribution in [1.82, 2.24) is 19.9 Å². The molecule has 1 fully saturated rings. The molecule has 0 saturated heterocycles. The molecule has 3 aromatic heterocycles. The summed E-state index contributed by atoms with van der Waals surface area (Å²) in [5.41, 5.74) is 5.77. The van der Waals surface area contributed by atoms with Gasteiger partial charge < -0.3 is 29.6 Å². The Morgan fingerprint density at radius 1 is 1.17 bits per heavy atom. The van der Waals surface area contributed by atoms with Crippen molar-refractivity contribution in [2.75, 3.05) is 31.5 Å². The van der Waals surface area contributed by atoms with Crippen molar-refractivity contribution >= 4 is 28.4 Å². The van der Waals surface area contributed by atoms with Crippen molar-refractivity contribution in [1.29, 1.82) is 0 Å². The second kappa shape index (κ2) is 8.70. The van der Waals surface area contributed by atoms with Gasteiger partial charge in [0.25, 0.3) is 0 Å². The van der Waals surface area contributed by atoms with E-state index in [9.17, 15) is 0 Å². The highest BCUT2D eigenvalue weighted by atomic mass is 16.5. The maximum absolute atomic E-state index is 5.84. The van der Waals surface area contributed by atoms with E-state index in [1.165, 1.54) is 12.8 Å². The molecule has 10 heteroatoms. The van der Waals surface area contributed by atoms with Crippen LogP contribution >= 0.6 is 0 Å². The first-order valence-electron chi connectivity index (χ1n) is 12.3. The highest BCUT2D eigenvalue weighted by molar-refractivity contribution is 6.20. The van der Waals surface area contributed by atoms with Crippen molar-refractivity contribution in [2.24, 2.45) is 12.0 Å². The van der Waals surface area contributed by atoms with Crippen LogP contribution < -0.4 is 15.4 Å². The number of ether oxygens (including phenoxy) is 2. The van der Waals surface area contributed by atoms with Crippen LogP contribution in [-0.2, 0) is 11.8 Å². The third kappa shape index (κ3) is 3.81. The SMILES string of the molecule is COCCC1N=C(Nc2cc(C3CC3)nn2C)c2c([nH]c3cc(-c4c(C)noc4C)c(OC)cc23)N1. The Morgan fingerprint density at radius 3 is 2.69 bits per heavy atom. The Balaban J connectivity index is 1.46. The number of anilines is 2. The molecule has 1 aliphatic carbocycles. The lowest BCUT2D eigenvalue weighted by Gasteiger charge is -2.24. The van der Waals surface area contributed by atoms with E-state index in [0.717, 1.165) is 74.4 Å². The topological polar surface area (TPSA) is 115 Å². The highest BCUT2D eigenvalue weighted by Crippen LogP contribution is 2.42. The van der Waals surface area contributed by atoms with E-state index in [2.05, 4.69) is 39.0 Å². The summed E-state index contributed by atoms with van der Waals surface area (Å²) in [7, 11) is 5.36.